The van der Waals surface area contributed by atoms with Crippen LogP contribution in [0, 0.1) is 0 Å². The predicted molar refractivity (Wildman–Crippen MR) is 76.6 cm³/mol. The van der Waals surface area contributed by atoms with E-state index >= 15 is 0 Å². The Morgan fingerprint density at radius 1 is 1.14 bits per heavy atom. The lowest BCUT2D eigenvalue weighted by Crippen LogP contribution is -2.28. The van der Waals surface area contributed by atoms with E-state index in [9.17, 15) is 9.59 Å². The highest BCUT2D eigenvalue weighted by Gasteiger charge is 2.19. The molecule has 1 heterocycles. The highest BCUT2D eigenvalue weighted by molar-refractivity contribution is 5.99. The van der Waals surface area contributed by atoms with Crippen molar-refractivity contribution >= 4 is 17.6 Å². The summed E-state index contributed by atoms with van der Waals surface area (Å²) in [4.78, 5) is 23.4. The number of rotatable bonds is 4. The highest BCUT2D eigenvalue weighted by atomic mass is 16.5. The fourth-order valence-corrected chi connectivity index (χ4v) is 2.26. The van der Waals surface area contributed by atoms with Crippen LogP contribution in [0.2, 0.25) is 0 Å². The van der Waals surface area contributed by atoms with Gasteiger partial charge in [-0.15, -0.1) is 0 Å². The van der Waals surface area contributed by atoms with Gasteiger partial charge >= 0.3 is 11.9 Å². The first-order valence-electron chi connectivity index (χ1n) is 6.80. The van der Waals surface area contributed by atoms with E-state index in [1.165, 1.54) is 14.2 Å². The third-order valence-corrected chi connectivity index (χ3v) is 3.43. The first-order valence-corrected chi connectivity index (χ1v) is 6.80. The Morgan fingerprint density at radius 2 is 1.81 bits per heavy atom. The number of hydrogen-bond acceptors (Lipinski definition) is 6. The number of ether oxygens (including phenoxy) is 3. The van der Waals surface area contributed by atoms with Crippen molar-refractivity contribution in [2.45, 2.75) is 18.9 Å². The summed E-state index contributed by atoms with van der Waals surface area (Å²) in [6.07, 6.45) is 1.70. The molecule has 6 nitrogen and oxygen atoms in total. The van der Waals surface area contributed by atoms with Crippen LogP contribution in [0.25, 0.3) is 0 Å². The SMILES string of the molecule is COC(=O)c1ccc(C(=O)OC)c(NC2CCOCC2)c1. The first kappa shape index (κ1) is 15.3. The van der Waals surface area contributed by atoms with Crippen LogP contribution in [0.3, 0.4) is 0 Å². The summed E-state index contributed by atoms with van der Waals surface area (Å²) in [5.41, 5.74) is 1.37. The van der Waals surface area contributed by atoms with Gasteiger partial charge in [0, 0.05) is 24.9 Å². The zero-order chi connectivity index (χ0) is 15.2. The van der Waals surface area contributed by atoms with E-state index in [0.29, 0.717) is 30.0 Å². The number of hydrogen-bond donors (Lipinski definition) is 1. The van der Waals surface area contributed by atoms with Gasteiger partial charge in [0.1, 0.15) is 0 Å². The molecule has 1 fully saturated rings. The van der Waals surface area contributed by atoms with E-state index < -0.39 is 11.9 Å². The van der Waals surface area contributed by atoms with Crippen LogP contribution in [0.4, 0.5) is 5.69 Å². The standard InChI is InChI=1S/C15H19NO5/c1-19-14(17)10-3-4-12(15(18)20-2)13(9-10)16-11-5-7-21-8-6-11/h3-4,9,11,16H,5-8H2,1-2H3. The molecule has 114 valence electrons. The minimum absolute atomic E-state index is 0.204. The van der Waals surface area contributed by atoms with Crippen molar-refractivity contribution in [3.05, 3.63) is 29.3 Å². The van der Waals surface area contributed by atoms with Crippen molar-refractivity contribution in [3.8, 4) is 0 Å². The quantitative estimate of drug-likeness (QED) is 0.854. The van der Waals surface area contributed by atoms with Gasteiger partial charge < -0.3 is 19.5 Å². The minimum Gasteiger partial charge on any atom is -0.465 e. The maximum absolute atomic E-state index is 11.8. The van der Waals surface area contributed by atoms with E-state index in [-0.39, 0.29) is 6.04 Å². The smallest absolute Gasteiger partial charge is 0.339 e. The topological polar surface area (TPSA) is 73.9 Å². The summed E-state index contributed by atoms with van der Waals surface area (Å²) in [5, 5.41) is 3.30. The lowest BCUT2D eigenvalue weighted by molar-refractivity contribution is 0.0587. The molecule has 1 aromatic carbocycles. The van der Waals surface area contributed by atoms with Gasteiger partial charge in [-0.3, -0.25) is 0 Å². The third kappa shape index (κ3) is 3.72. The molecule has 0 bridgehead atoms. The zero-order valence-corrected chi connectivity index (χ0v) is 12.2. The Morgan fingerprint density at radius 3 is 2.43 bits per heavy atom. The fraction of sp³-hybridized carbons (Fsp3) is 0.467. The van der Waals surface area contributed by atoms with E-state index in [1.807, 2.05) is 0 Å². The molecular formula is C15H19NO5. The molecule has 1 N–H and O–H groups in total. The lowest BCUT2D eigenvalue weighted by atomic mass is 10.0. The van der Waals surface area contributed by atoms with Crippen LogP contribution in [0.15, 0.2) is 18.2 Å². The molecule has 1 aromatic rings. The number of nitrogens with one attached hydrogen (secondary N) is 1. The van der Waals surface area contributed by atoms with Gasteiger partial charge in [-0.1, -0.05) is 0 Å². The maximum atomic E-state index is 11.8. The van der Waals surface area contributed by atoms with E-state index in [2.05, 4.69) is 5.32 Å². The van der Waals surface area contributed by atoms with Crippen molar-refractivity contribution in [2.75, 3.05) is 32.8 Å². The second kappa shape index (κ2) is 7.08. The summed E-state index contributed by atoms with van der Waals surface area (Å²) in [6.45, 7) is 1.36. The number of benzene rings is 1. The Kier molecular flexibility index (Phi) is 5.16. The number of carbonyl (C=O) groups is 2. The number of carbonyl (C=O) groups excluding carboxylic acids is 2. The maximum Gasteiger partial charge on any atom is 0.339 e. The Labute approximate surface area is 123 Å². The van der Waals surface area contributed by atoms with E-state index in [4.69, 9.17) is 14.2 Å². The van der Waals surface area contributed by atoms with Gasteiger partial charge in [0.2, 0.25) is 0 Å². The number of esters is 2. The van der Waals surface area contributed by atoms with Crippen molar-refractivity contribution in [1.82, 2.24) is 0 Å². The number of anilines is 1. The monoisotopic (exact) mass is 293 g/mol. The minimum atomic E-state index is -0.444. The van der Waals surface area contributed by atoms with Gasteiger partial charge in [-0.25, -0.2) is 9.59 Å². The molecule has 6 heteroatoms. The molecule has 0 saturated carbocycles. The summed E-state index contributed by atoms with van der Waals surface area (Å²) in [6, 6.07) is 4.94. The van der Waals surface area contributed by atoms with Crippen LogP contribution in [-0.2, 0) is 14.2 Å². The average molecular weight is 293 g/mol. The second-order valence-electron chi connectivity index (χ2n) is 4.77. The fourth-order valence-electron chi connectivity index (χ4n) is 2.26. The van der Waals surface area contributed by atoms with Crippen LogP contribution >= 0.6 is 0 Å². The van der Waals surface area contributed by atoms with Gasteiger partial charge in [0.15, 0.2) is 0 Å². The molecule has 0 aromatic heterocycles. The first-order chi connectivity index (χ1) is 10.2. The van der Waals surface area contributed by atoms with Crippen LogP contribution in [0.1, 0.15) is 33.6 Å². The molecule has 2 rings (SSSR count). The summed E-state index contributed by atoms with van der Waals surface area (Å²) < 4.78 is 14.8. The zero-order valence-electron chi connectivity index (χ0n) is 12.2. The molecule has 21 heavy (non-hydrogen) atoms. The molecule has 1 aliphatic heterocycles. The van der Waals surface area contributed by atoms with Crippen molar-refractivity contribution in [2.24, 2.45) is 0 Å². The Balaban J connectivity index is 2.28. The highest BCUT2D eigenvalue weighted by Crippen LogP contribution is 2.22. The van der Waals surface area contributed by atoms with Crippen LogP contribution < -0.4 is 5.32 Å². The molecule has 0 spiro atoms. The van der Waals surface area contributed by atoms with Crippen molar-refractivity contribution in [1.29, 1.82) is 0 Å². The molecule has 0 amide bonds. The molecule has 0 atom stereocenters. The van der Waals surface area contributed by atoms with Crippen molar-refractivity contribution < 1.29 is 23.8 Å². The second-order valence-corrected chi connectivity index (χ2v) is 4.77. The van der Waals surface area contributed by atoms with Crippen LogP contribution in [-0.4, -0.2) is 45.4 Å². The molecule has 1 aliphatic rings. The largest absolute Gasteiger partial charge is 0.465 e. The lowest BCUT2D eigenvalue weighted by Gasteiger charge is -2.25. The van der Waals surface area contributed by atoms with Crippen LogP contribution in [0.5, 0.6) is 0 Å². The summed E-state index contributed by atoms with van der Waals surface area (Å²) in [7, 11) is 2.65. The summed E-state index contributed by atoms with van der Waals surface area (Å²) in [5.74, 6) is -0.887. The molecule has 0 radical (unpaired) electrons. The van der Waals surface area contributed by atoms with Crippen molar-refractivity contribution in [3.63, 3.8) is 0 Å². The molecule has 1 saturated heterocycles. The van der Waals surface area contributed by atoms with Gasteiger partial charge in [-0.2, -0.15) is 0 Å². The Bertz CT molecular complexity index is 523. The molecule has 0 unspecified atom stereocenters. The van der Waals surface area contributed by atoms with E-state index in [1.54, 1.807) is 18.2 Å². The average Bonchev–Trinajstić information content (AvgIpc) is 2.54. The summed E-state index contributed by atoms with van der Waals surface area (Å²) >= 11 is 0. The molecule has 0 aliphatic carbocycles. The van der Waals surface area contributed by atoms with Gasteiger partial charge in [0.25, 0.3) is 0 Å². The van der Waals surface area contributed by atoms with Gasteiger partial charge in [-0.05, 0) is 31.0 Å². The third-order valence-electron chi connectivity index (χ3n) is 3.43. The normalized spacial score (nSPS) is 15.3. The molecular weight excluding hydrogens is 274 g/mol. The van der Waals surface area contributed by atoms with Gasteiger partial charge in [0.05, 0.1) is 25.3 Å². The predicted octanol–water partition coefficient (Wildman–Crippen LogP) is 1.85. The number of methoxy groups -OCH3 is 2. The van der Waals surface area contributed by atoms with E-state index in [0.717, 1.165) is 12.8 Å². The Hall–Kier alpha value is -2.08.